The van der Waals surface area contributed by atoms with E-state index in [9.17, 15) is 0 Å². The van der Waals surface area contributed by atoms with Crippen molar-refractivity contribution in [3.05, 3.63) is 61.4 Å². The van der Waals surface area contributed by atoms with E-state index in [-0.39, 0.29) is 4.75 Å². The van der Waals surface area contributed by atoms with Crippen LogP contribution in [0, 0.1) is 31.6 Å². The highest BCUT2D eigenvalue weighted by atomic mass is 32.2. The van der Waals surface area contributed by atoms with Gasteiger partial charge in [-0.3, -0.25) is 0 Å². The van der Waals surface area contributed by atoms with E-state index >= 15 is 0 Å². The summed E-state index contributed by atoms with van der Waals surface area (Å²) in [6.45, 7) is 6.72. The van der Waals surface area contributed by atoms with Gasteiger partial charge in [0.2, 0.25) is 0 Å². The Morgan fingerprint density at radius 1 is 0.875 bits per heavy atom. The van der Waals surface area contributed by atoms with Crippen molar-refractivity contribution in [3.8, 4) is 0 Å². The van der Waals surface area contributed by atoms with Crippen molar-refractivity contribution in [2.24, 2.45) is 0 Å². The topological polar surface area (TPSA) is 0 Å². The molecule has 0 heterocycles. The molecule has 0 aliphatic heterocycles. The standard InChI is InChI=1S/C15H17S/c1-15(2,3)16-14-10-8-13(9-11-14)12-6-4-5-7-12/h4-11H,1-3H3. The molecule has 0 unspecified atom stereocenters. The molecule has 0 nitrogen and oxygen atoms in total. The molecule has 1 fully saturated rings. The lowest BCUT2D eigenvalue weighted by Gasteiger charge is -2.18. The van der Waals surface area contributed by atoms with Gasteiger partial charge in [0.05, 0.1) is 0 Å². The normalized spacial score (nSPS) is 17.9. The zero-order chi connectivity index (χ0) is 11.6. The number of benzene rings is 1. The molecular weight excluding hydrogens is 212 g/mol. The third-order valence-corrected chi connectivity index (χ3v) is 3.39. The summed E-state index contributed by atoms with van der Waals surface area (Å²) in [5, 5.41) is 0. The Kier molecular flexibility index (Phi) is 3.63. The van der Waals surface area contributed by atoms with Crippen LogP contribution < -0.4 is 0 Å². The van der Waals surface area contributed by atoms with Crippen molar-refractivity contribution < 1.29 is 0 Å². The molecule has 0 aromatic heterocycles. The molecule has 1 saturated carbocycles. The van der Waals surface area contributed by atoms with Crippen LogP contribution in [0.25, 0.3) is 0 Å². The maximum atomic E-state index is 2.24. The monoisotopic (exact) mass is 229 g/mol. The lowest BCUT2D eigenvalue weighted by atomic mass is 9.98. The van der Waals surface area contributed by atoms with Crippen LogP contribution in [-0.2, 0) is 0 Å². The maximum absolute atomic E-state index is 2.24. The summed E-state index contributed by atoms with van der Waals surface area (Å²) in [5.41, 5.74) is 1.29. The molecule has 0 bridgehead atoms. The molecule has 16 heavy (non-hydrogen) atoms. The second-order valence-electron chi connectivity index (χ2n) is 4.91. The van der Waals surface area contributed by atoms with Crippen molar-refractivity contribution in [3.63, 3.8) is 0 Å². The van der Waals surface area contributed by atoms with E-state index in [4.69, 9.17) is 0 Å². The van der Waals surface area contributed by atoms with Crippen LogP contribution in [0.4, 0.5) is 0 Å². The molecule has 83 valence electrons. The minimum absolute atomic E-state index is 0.280. The third kappa shape index (κ3) is 3.28. The van der Waals surface area contributed by atoms with Crippen molar-refractivity contribution in [1.82, 2.24) is 0 Å². The first-order chi connectivity index (χ1) is 7.54. The van der Waals surface area contributed by atoms with E-state index in [2.05, 4.69) is 70.7 Å². The highest BCUT2D eigenvalue weighted by Gasteiger charge is 2.19. The van der Waals surface area contributed by atoms with Crippen LogP contribution in [0.15, 0.2) is 29.2 Å². The fourth-order valence-electron chi connectivity index (χ4n) is 1.64. The lowest BCUT2D eigenvalue weighted by molar-refractivity contribution is 0.803. The van der Waals surface area contributed by atoms with Gasteiger partial charge >= 0.3 is 0 Å². The number of hydrogen-bond acceptors (Lipinski definition) is 1. The van der Waals surface area contributed by atoms with Gasteiger partial charge in [-0.05, 0) is 43.4 Å². The fourth-order valence-corrected chi connectivity index (χ4v) is 2.61. The van der Waals surface area contributed by atoms with E-state index in [1.54, 1.807) is 0 Å². The van der Waals surface area contributed by atoms with Crippen molar-refractivity contribution in [1.29, 1.82) is 0 Å². The van der Waals surface area contributed by atoms with Gasteiger partial charge in [-0.15, -0.1) is 11.8 Å². The van der Waals surface area contributed by atoms with Gasteiger partial charge in [-0.2, -0.15) is 0 Å². The van der Waals surface area contributed by atoms with Crippen LogP contribution in [0.1, 0.15) is 26.3 Å². The average Bonchev–Trinajstić information content (AvgIpc) is 2.69. The quantitative estimate of drug-likeness (QED) is 0.680. The second kappa shape index (κ2) is 4.83. The maximum Gasteiger partial charge on any atom is 0.0124 e. The highest BCUT2D eigenvalue weighted by molar-refractivity contribution is 8.00. The Hall–Kier alpha value is -0.430. The predicted octanol–water partition coefficient (Wildman–Crippen LogP) is 4.33. The first-order valence-electron chi connectivity index (χ1n) is 5.56. The summed E-state index contributed by atoms with van der Waals surface area (Å²) in [5.74, 6) is 1.30. The smallest absolute Gasteiger partial charge is 0.0124 e. The summed E-state index contributed by atoms with van der Waals surface area (Å²) in [4.78, 5) is 1.34. The molecule has 1 aromatic carbocycles. The number of rotatable bonds is 2. The predicted molar refractivity (Wildman–Crippen MR) is 71.6 cm³/mol. The molecule has 1 aliphatic rings. The zero-order valence-corrected chi connectivity index (χ0v) is 10.8. The minimum atomic E-state index is 0.280. The SMILES string of the molecule is CC(C)(C)Sc1ccc([C]2[CH][CH][CH][CH]2)cc1. The van der Waals surface area contributed by atoms with Gasteiger partial charge in [-0.1, -0.05) is 32.9 Å². The van der Waals surface area contributed by atoms with Crippen LogP contribution in [-0.4, -0.2) is 4.75 Å². The lowest BCUT2D eigenvalue weighted by Crippen LogP contribution is -2.06. The number of hydrogen-bond donors (Lipinski definition) is 0. The van der Waals surface area contributed by atoms with Gasteiger partial charge in [0.15, 0.2) is 0 Å². The summed E-state index contributed by atoms with van der Waals surface area (Å²) in [6.07, 6.45) is 8.44. The van der Waals surface area contributed by atoms with Gasteiger partial charge < -0.3 is 0 Å². The van der Waals surface area contributed by atoms with E-state index in [0.717, 1.165) is 0 Å². The van der Waals surface area contributed by atoms with Crippen LogP contribution in [0.2, 0.25) is 0 Å². The summed E-state index contributed by atoms with van der Waals surface area (Å²) in [6, 6.07) is 8.81. The summed E-state index contributed by atoms with van der Waals surface area (Å²) < 4.78 is 0.280. The van der Waals surface area contributed by atoms with Crippen LogP contribution in [0.3, 0.4) is 0 Å². The molecule has 2 rings (SSSR count). The van der Waals surface area contributed by atoms with Crippen molar-refractivity contribution >= 4 is 11.8 Å². The molecule has 1 aliphatic carbocycles. The molecule has 0 saturated heterocycles. The first-order valence-corrected chi connectivity index (χ1v) is 6.37. The highest BCUT2D eigenvalue weighted by Crippen LogP contribution is 2.34. The summed E-state index contributed by atoms with van der Waals surface area (Å²) >= 11 is 1.91. The molecule has 1 heteroatoms. The Bertz CT molecular complexity index is 325. The van der Waals surface area contributed by atoms with Crippen LogP contribution in [0.5, 0.6) is 0 Å². The third-order valence-electron chi connectivity index (χ3n) is 2.27. The van der Waals surface area contributed by atoms with Crippen molar-refractivity contribution in [2.45, 2.75) is 30.4 Å². The average molecular weight is 229 g/mol. The molecule has 0 atom stereocenters. The Balaban J connectivity index is 2.04. The molecule has 0 spiro atoms. The fraction of sp³-hybridized carbons (Fsp3) is 0.267. The van der Waals surface area contributed by atoms with Gasteiger partial charge in [-0.25, -0.2) is 0 Å². The van der Waals surface area contributed by atoms with Gasteiger partial charge in [0.1, 0.15) is 0 Å². The molecule has 0 N–H and O–H groups in total. The van der Waals surface area contributed by atoms with Crippen LogP contribution >= 0.6 is 11.8 Å². The molecule has 0 amide bonds. The Labute approximate surface area is 104 Å². The Morgan fingerprint density at radius 3 is 1.94 bits per heavy atom. The number of thioether (sulfide) groups is 1. The van der Waals surface area contributed by atoms with Crippen molar-refractivity contribution in [2.75, 3.05) is 0 Å². The minimum Gasteiger partial charge on any atom is -0.120 e. The van der Waals surface area contributed by atoms with E-state index in [1.807, 2.05) is 11.8 Å². The molecule has 5 radical (unpaired) electrons. The Morgan fingerprint density at radius 2 is 1.44 bits per heavy atom. The largest absolute Gasteiger partial charge is 0.120 e. The van der Waals surface area contributed by atoms with E-state index in [1.165, 1.54) is 16.4 Å². The van der Waals surface area contributed by atoms with Gasteiger partial charge in [0, 0.05) is 15.6 Å². The van der Waals surface area contributed by atoms with Gasteiger partial charge in [0.25, 0.3) is 0 Å². The zero-order valence-electron chi connectivity index (χ0n) is 10.0. The second-order valence-corrected chi connectivity index (χ2v) is 6.81. The molecular formula is C15H17S. The molecule has 1 aromatic rings. The summed E-state index contributed by atoms with van der Waals surface area (Å²) in [7, 11) is 0. The van der Waals surface area contributed by atoms with E-state index < -0.39 is 0 Å². The van der Waals surface area contributed by atoms with E-state index in [0.29, 0.717) is 0 Å². The first kappa shape index (κ1) is 12.0.